The topological polar surface area (TPSA) is 36.4 Å². The summed E-state index contributed by atoms with van der Waals surface area (Å²) in [6, 6.07) is 12.7. The third-order valence-electron chi connectivity index (χ3n) is 4.77. The zero-order valence-corrected chi connectivity index (χ0v) is 16.2. The highest BCUT2D eigenvalue weighted by atomic mass is 32.1. The molecule has 3 aromatic rings. The minimum Gasteiger partial charge on any atom is -0.362 e. The summed E-state index contributed by atoms with van der Waals surface area (Å²) in [6.45, 7) is 2.69. The highest BCUT2D eigenvalue weighted by molar-refractivity contribution is 7.12. The summed E-state index contributed by atoms with van der Waals surface area (Å²) in [5.41, 5.74) is 3.30. The van der Waals surface area contributed by atoms with Crippen LogP contribution in [0.3, 0.4) is 0 Å². The van der Waals surface area contributed by atoms with Crippen molar-refractivity contribution in [3.63, 3.8) is 0 Å². The van der Waals surface area contributed by atoms with E-state index >= 15 is 0 Å². The fourth-order valence-corrected chi connectivity index (χ4v) is 3.97. The molecule has 26 heavy (non-hydrogen) atoms. The lowest BCUT2D eigenvalue weighted by atomic mass is 10.1. The molecule has 0 N–H and O–H groups in total. The lowest BCUT2D eigenvalue weighted by Crippen LogP contribution is -2.32. The van der Waals surface area contributed by atoms with Crippen LogP contribution in [0.25, 0.3) is 10.9 Å². The second kappa shape index (κ2) is 6.72. The van der Waals surface area contributed by atoms with Crippen molar-refractivity contribution in [1.29, 1.82) is 0 Å². The van der Waals surface area contributed by atoms with E-state index in [9.17, 15) is 4.79 Å². The predicted octanol–water partition coefficient (Wildman–Crippen LogP) is 4.48. The monoisotopic (exact) mass is 365 g/mol. The number of carbonyl (C=O) groups excluding carboxylic acids is 1. The Bertz CT molecular complexity index is 945. The first-order valence-corrected chi connectivity index (χ1v) is 9.83. The fourth-order valence-electron chi connectivity index (χ4n) is 3.29. The van der Waals surface area contributed by atoms with Crippen molar-refractivity contribution >= 4 is 34.0 Å². The molecule has 0 unspecified atom stereocenters. The van der Waals surface area contributed by atoms with Gasteiger partial charge in [-0.25, -0.2) is 4.98 Å². The van der Waals surface area contributed by atoms with Gasteiger partial charge in [0.15, 0.2) is 0 Å². The second-order valence-electron chi connectivity index (χ2n) is 7.20. The zero-order chi connectivity index (χ0) is 18.3. The number of amides is 1. The molecule has 1 aliphatic rings. The van der Waals surface area contributed by atoms with Gasteiger partial charge in [0.2, 0.25) is 0 Å². The Balaban J connectivity index is 1.73. The number of pyridine rings is 1. The van der Waals surface area contributed by atoms with Crippen LogP contribution in [-0.2, 0) is 6.54 Å². The average molecular weight is 366 g/mol. The van der Waals surface area contributed by atoms with Crippen LogP contribution in [0.1, 0.15) is 33.6 Å². The maximum absolute atomic E-state index is 13.0. The standard InChI is InChI=1S/C21H23N3OS/c1-14-6-7-15-12-16(20(23(2)3)22-18(15)11-14)13-24(17-8-9-17)21(25)19-5-4-10-26-19/h4-7,10-12,17H,8-9,13H2,1-3H3. The molecule has 2 aromatic heterocycles. The van der Waals surface area contributed by atoms with Crippen molar-refractivity contribution in [3.8, 4) is 0 Å². The maximum Gasteiger partial charge on any atom is 0.264 e. The molecule has 4 rings (SSSR count). The molecule has 0 aliphatic heterocycles. The third kappa shape index (κ3) is 3.31. The summed E-state index contributed by atoms with van der Waals surface area (Å²) < 4.78 is 0. The molecule has 1 saturated carbocycles. The lowest BCUT2D eigenvalue weighted by Gasteiger charge is -2.25. The van der Waals surface area contributed by atoms with Crippen molar-refractivity contribution in [2.45, 2.75) is 32.4 Å². The quantitative estimate of drug-likeness (QED) is 0.669. The van der Waals surface area contributed by atoms with Gasteiger partial charge in [-0.1, -0.05) is 18.2 Å². The Morgan fingerprint density at radius 1 is 1.23 bits per heavy atom. The molecule has 5 heteroatoms. The summed E-state index contributed by atoms with van der Waals surface area (Å²) in [4.78, 5) is 22.7. The summed E-state index contributed by atoms with van der Waals surface area (Å²) in [5, 5.41) is 3.08. The van der Waals surface area contributed by atoms with Crippen LogP contribution < -0.4 is 4.90 Å². The SMILES string of the molecule is Cc1ccc2cc(CN(C(=O)c3cccs3)C3CC3)c(N(C)C)nc2c1. The van der Waals surface area contributed by atoms with E-state index in [0.717, 1.165) is 40.0 Å². The predicted molar refractivity (Wildman–Crippen MR) is 108 cm³/mol. The van der Waals surface area contributed by atoms with E-state index < -0.39 is 0 Å². The van der Waals surface area contributed by atoms with Gasteiger partial charge in [-0.05, 0) is 48.9 Å². The van der Waals surface area contributed by atoms with Crippen LogP contribution in [0.4, 0.5) is 5.82 Å². The molecule has 2 heterocycles. The first kappa shape index (κ1) is 17.0. The number of aryl methyl sites for hydroxylation is 1. The molecule has 1 amide bonds. The van der Waals surface area contributed by atoms with Crippen LogP contribution in [0.5, 0.6) is 0 Å². The number of fused-ring (bicyclic) bond motifs is 1. The van der Waals surface area contributed by atoms with Crippen molar-refractivity contribution in [2.75, 3.05) is 19.0 Å². The molecule has 0 atom stereocenters. The van der Waals surface area contributed by atoms with E-state index in [4.69, 9.17) is 4.98 Å². The van der Waals surface area contributed by atoms with E-state index in [1.54, 1.807) is 0 Å². The van der Waals surface area contributed by atoms with Crippen molar-refractivity contribution in [2.24, 2.45) is 0 Å². The zero-order valence-electron chi connectivity index (χ0n) is 15.4. The fraction of sp³-hybridized carbons (Fsp3) is 0.333. The molecule has 0 spiro atoms. The molecule has 0 saturated heterocycles. The smallest absolute Gasteiger partial charge is 0.264 e. The molecule has 0 radical (unpaired) electrons. The van der Waals surface area contributed by atoms with Gasteiger partial charge in [0.1, 0.15) is 5.82 Å². The minimum atomic E-state index is 0.135. The Hall–Kier alpha value is -2.40. The molecular formula is C21H23N3OS. The average Bonchev–Trinajstić information content (AvgIpc) is 3.31. The highest BCUT2D eigenvalue weighted by Crippen LogP contribution is 2.33. The van der Waals surface area contributed by atoms with Gasteiger partial charge < -0.3 is 9.80 Å². The molecule has 0 bridgehead atoms. The first-order chi connectivity index (χ1) is 12.5. The van der Waals surface area contributed by atoms with E-state index in [-0.39, 0.29) is 5.91 Å². The van der Waals surface area contributed by atoms with E-state index in [1.807, 2.05) is 41.4 Å². The van der Waals surface area contributed by atoms with E-state index in [2.05, 4.69) is 31.2 Å². The van der Waals surface area contributed by atoms with Gasteiger partial charge in [0, 0.05) is 37.6 Å². The van der Waals surface area contributed by atoms with Gasteiger partial charge in [-0.2, -0.15) is 0 Å². The number of hydrogen-bond donors (Lipinski definition) is 0. The van der Waals surface area contributed by atoms with Gasteiger partial charge in [0.25, 0.3) is 5.91 Å². The number of nitrogens with zero attached hydrogens (tertiary/aromatic N) is 3. The van der Waals surface area contributed by atoms with Crippen LogP contribution in [0.15, 0.2) is 41.8 Å². The van der Waals surface area contributed by atoms with Crippen LogP contribution in [0, 0.1) is 6.92 Å². The summed E-state index contributed by atoms with van der Waals surface area (Å²) >= 11 is 1.51. The summed E-state index contributed by atoms with van der Waals surface area (Å²) in [7, 11) is 4.02. The molecule has 4 nitrogen and oxygen atoms in total. The molecule has 134 valence electrons. The third-order valence-corrected chi connectivity index (χ3v) is 5.63. The van der Waals surface area contributed by atoms with Crippen LogP contribution >= 0.6 is 11.3 Å². The number of carbonyl (C=O) groups is 1. The van der Waals surface area contributed by atoms with Crippen molar-refractivity contribution < 1.29 is 4.79 Å². The van der Waals surface area contributed by atoms with Gasteiger partial charge >= 0.3 is 0 Å². The molecule has 1 aromatic carbocycles. The molecular weight excluding hydrogens is 342 g/mol. The Morgan fingerprint density at radius 3 is 2.69 bits per heavy atom. The molecule has 1 aliphatic carbocycles. The van der Waals surface area contributed by atoms with Gasteiger partial charge in [-0.3, -0.25) is 4.79 Å². The number of thiophene rings is 1. The number of rotatable bonds is 5. The number of aromatic nitrogens is 1. The van der Waals surface area contributed by atoms with Crippen molar-refractivity contribution in [3.05, 3.63) is 57.8 Å². The normalized spacial score (nSPS) is 13.8. The number of hydrogen-bond acceptors (Lipinski definition) is 4. The second-order valence-corrected chi connectivity index (χ2v) is 8.15. The van der Waals surface area contributed by atoms with E-state index in [0.29, 0.717) is 12.6 Å². The van der Waals surface area contributed by atoms with Crippen LogP contribution in [-0.4, -0.2) is 35.9 Å². The Kier molecular flexibility index (Phi) is 4.41. The first-order valence-electron chi connectivity index (χ1n) is 8.95. The highest BCUT2D eigenvalue weighted by Gasteiger charge is 2.34. The maximum atomic E-state index is 13.0. The minimum absolute atomic E-state index is 0.135. The van der Waals surface area contributed by atoms with Crippen LogP contribution in [0.2, 0.25) is 0 Å². The Morgan fingerprint density at radius 2 is 2.04 bits per heavy atom. The Labute approximate surface area is 158 Å². The van der Waals surface area contributed by atoms with Gasteiger partial charge in [0.05, 0.1) is 10.4 Å². The lowest BCUT2D eigenvalue weighted by molar-refractivity contribution is 0.0735. The number of anilines is 1. The van der Waals surface area contributed by atoms with Crippen molar-refractivity contribution in [1.82, 2.24) is 9.88 Å². The molecule has 1 fully saturated rings. The summed E-state index contributed by atoms with van der Waals surface area (Å²) in [6.07, 6.45) is 2.18. The van der Waals surface area contributed by atoms with Gasteiger partial charge in [-0.15, -0.1) is 11.3 Å². The number of benzene rings is 1. The van der Waals surface area contributed by atoms with E-state index in [1.165, 1.54) is 16.9 Å². The summed E-state index contributed by atoms with van der Waals surface area (Å²) in [5.74, 6) is 1.07. The largest absolute Gasteiger partial charge is 0.362 e.